The normalized spacial score (nSPS) is 15.0. The first kappa shape index (κ1) is 23.3. The summed E-state index contributed by atoms with van der Waals surface area (Å²) in [5, 5.41) is 0. The first-order valence-corrected chi connectivity index (χ1v) is 11.1. The second kappa shape index (κ2) is 9.93. The van der Waals surface area contributed by atoms with Crippen LogP contribution in [0.1, 0.15) is 27.2 Å². The number of morpholine rings is 1. The Kier molecular flexibility index (Phi) is 7.00. The van der Waals surface area contributed by atoms with Crippen LogP contribution in [0.4, 0.5) is 13.2 Å². The van der Waals surface area contributed by atoms with E-state index in [4.69, 9.17) is 4.74 Å². The van der Waals surface area contributed by atoms with E-state index in [-0.39, 0.29) is 12.2 Å². The van der Waals surface area contributed by atoms with E-state index in [9.17, 15) is 18.0 Å². The van der Waals surface area contributed by atoms with E-state index < -0.39 is 11.7 Å². The molecule has 0 unspecified atom stereocenters. The molecule has 1 fully saturated rings. The molecule has 4 nitrogen and oxygen atoms in total. The van der Waals surface area contributed by atoms with Crippen LogP contribution in [0.5, 0.6) is 0 Å². The summed E-state index contributed by atoms with van der Waals surface area (Å²) >= 11 is 0. The van der Waals surface area contributed by atoms with Gasteiger partial charge in [0.1, 0.15) is 0 Å². The van der Waals surface area contributed by atoms with Gasteiger partial charge in [0, 0.05) is 49.6 Å². The zero-order chi connectivity index (χ0) is 23.4. The Labute approximate surface area is 191 Å². The van der Waals surface area contributed by atoms with Gasteiger partial charge < -0.3 is 9.30 Å². The van der Waals surface area contributed by atoms with Gasteiger partial charge in [0.15, 0.2) is 5.78 Å². The van der Waals surface area contributed by atoms with Crippen molar-refractivity contribution in [1.29, 1.82) is 0 Å². The van der Waals surface area contributed by atoms with Gasteiger partial charge in [-0.15, -0.1) is 0 Å². The van der Waals surface area contributed by atoms with Gasteiger partial charge in [-0.25, -0.2) is 0 Å². The zero-order valence-corrected chi connectivity index (χ0v) is 18.6. The number of halogens is 3. The molecule has 0 spiro atoms. The van der Waals surface area contributed by atoms with Crippen LogP contribution in [0.25, 0.3) is 11.3 Å². The molecule has 1 saturated heterocycles. The van der Waals surface area contributed by atoms with Crippen LogP contribution in [0.3, 0.4) is 0 Å². The molecule has 0 atom stereocenters. The summed E-state index contributed by atoms with van der Waals surface area (Å²) in [6.45, 7) is 6.65. The lowest BCUT2D eigenvalue weighted by molar-refractivity contribution is -0.137. The number of carbonyl (C=O) groups is 1. The van der Waals surface area contributed by atoms with Crippen molar-refractivity contribution in [2.24, 2.45) is 0 Å². The quantitative estimate of drug-likeness (QED) is 0.456. The third-order valence-corrected chi connectivity index (χ3v) is 6.10. The van der Waals surface area contributed by atoms with Crippen molar-refractivity contribution in [2.45, 2.75) is 26.1 Å². The Morgan fingerprint density at radius 1 is 0.970 bits per heavy atom. The average Bonchev–Trinajstić information content (AvgIpc) is 3.15. The minimum absolute atomic E-state index is 0.0769. The second-order valence-electron chi connectivity index (χ2n) is 8.30. The molecule has 1 aliphatic heterocycles. The summed E-state index contributed by atoms with van der Waals surface area (Å²) in [5.41, 5.74) is 2.94. The van der Waals surface area contributed by atoms with Crippen molar-refractivity contribution < 1.29 is 22.7 Å². The van der Waals surface area contributed by atoms with Crippen molar-refractivity contribution in [3.8, 4) is 11.3 Å². The number of hydrogen-bond acceptors (Lipinski definition) is 3. The number of aromatic nitrogens is 1. The number of rotatable bonds is 7. The lowest BCUT2D eigenvalue weighted by atomic mass is 10.0. The Bertz CT molecular complexity index is 1100. The minimum atomic E-state index is -4.43. The predicted octanol–water partition coefficient (Wildman–Crippen LogP) is 5.24. The molecule has 0 amide bonds. The fourth-order valence-corrected chi connectivity index (χ4v) is 4.27. The fraction of sp³-hybridized carbons (Fsp3) is 0.346. The zero-order valence-electron chi connectivity index (χ0n) is 18.6. The third-order valence-electron chi connectivity index (χ3n) is 6.10. The van der Waals surface area contributed by atoms with Crippen molar-refractivity contribution in [2.75, 3.05) is 32.8 Å². The molecule has 3 aromatic rings. The Morgan fingerprint density at radius 3 is 2.39 bits per heavy atom. The SMILES string of the molecule is Cc1c(C(=O)Cc2cccc(C(F)(F)F)c2)cc(-c2ccccc2)n1CCN1CCOCC1. The molecule has 1 aliphatic rings. The van der Waals surface area contributed by atoms with Gasteiger partial charge >= 0.3 is 6.18 Å². The summed E-state index contributed by atoms with van der Waals surface area (Å²) in [7, 11) is 0. The highest BCUT2D eigenvalue weighted by Gasteiger charge is 2.30. The van der Waals surface area contributed by atoms with Crippen LogP contribution in [-0.4, -0.2) is 48.1 Å². The molecule has 33 heavy (non-hydrogen) atoms. The van der Waals surface area contributed by atoms with E-state index in [1.54, 1.807) is 6.07 Å². The number of alkyl halides is 3. The van der Waals surface area contributed by atoms with Crippen LogP contribution in [0, 0.1) is 6.92 Å². The fourth-order valence-electron chi connectivity index (χ4n) is 4.27. The molecule has 4 rings (SSSR count). The molecule has 2 aromatic carbocycles. The number of carbonyl (C=O) groups excluding carboxylic acids is 1. The molecule has 7 heteroatoms. The Morgan fingerprint density at radius 2 is 1.70 bits per heavy atom. The van der Waals surface area contributed by atoms with Crippen LogP contribution < -0.4 is 0 Å². The number of ether oxygens (including phenoxy) is 1. The summed E-state index contributed by atoms with van der Waals surface area (Å²) in [5.74, 6) is -0.186. The van der Waals surface area contributed by atoms with Gasteiger partial charge in [-0.05, 0) is 30.2 Å². The maximum absolute atomic E-state index is 13.2. The molecular weight excluding hydrogens is 429 g/mol. The third kappa shape index (κ3) is 5.54. The molecule has 2 heterocycles. The smallest absolute Gasteiger partial charge is 0.379 e. The molecule has 1 aromatic heterocycles. The Balaban J connectivity index is 1.61. The van der Waals surface area contributed by atoms with Gasteiger partial charge in [0.2, 0.25) is 0 Å². The highest BCUT2D eigenvalue weighted by atomic mass is 19.4. The Hall–Kier alpha value is -2.90. The maximum atomic E-state index is 13.2. The summed E-state index contributed by atoms with van der Waals surface area (Å²) in [6, 6.07) is 16.7. The van der Waals surface area contributed by atoms with Crippen LogP contribution in [0.2, 0.25) is 0 Å². The van der Waals surface area contributed by atoms with E-state index >= 15 is 0 Å². The second-order valence-corrected chi connectivity index (χ2v) is 8.30. The average molecular weight is 457 g/mol. The van der Waals surface area contributed by atoms with E-state index in [1.165, 1.54) is 6.07 Å². The molecular formula is C26H27F3N2O2. The van der Waals surface area contributed by atoms with Crippen LogP contribution in [0.15, 0.2) is 60.7 Å². The monoisotopic (exact) mass is 456 g/mol. The first-order valence-electron chi connectivity index (χ1n) is 11.1. The summed E-state index contributed by atoms with van der Waals surface area (Å²) in [4.78, 5) is 15.5. The largest absolute Gasteiger partial charge is 0.416 e. The molecule has 0 bridgehead atoms. The first-order chi connectivity index (χ1) is 15.8. The highest BCUT2D eigenvalue weighted by molar-refractivity contribution is 6.00. The maximum Gasteiger partial charge on any atom is 0.416 e. The molecule has 0 radical (unpaired) electrons. The number of hydrogen-bond donors (Lipinski definition) is 0. The van der Waals surface area contributed by atoms with Gasteiger partial charge in [0.25, 0.3) is 0 Å². The van der Waals surface area contributed by atoms with E-state index in [0.717, 1.165) is 61.9 Å². The van der Waals surface area contributed by atoms with Crippen molar-refractivity contribution in [3.63, 3.8) is 0 Å². The lowest BCUT2D eigenvalue weighted by Crippen LogP contribution is -2.38. The van der Waals surface area contributed by atoms with E-state index in [0.29, 0.717) is 17.7 Å². The highest BCUT2D eigenvalue weighted by Crippen LogP contribution is 2.31. The van der Waals surface area contributed by atoms with Crippen molar-refractivity contribution in [1.82, 2.24) is 9.47 Å². The van der Waals surface area contributed by atoms with Crippen LogP contribution >= 0.6 is 0 Å². The molecule has 174 valence electrons. The van der Waals surface area contributed by atoms with Gasteiger partial charge in [-0.2, -0.15) is 13.2 Å². The van der Waals surface area contributed by atoms with Crippen molar-refractivity contribution >= 4 is 5.78 Å². The number of Topliss-reactive ketones (excluding diaryl/α,β-unsaturated/α-hetero) is 1. The topological polar surface area (TPSA) is 34.5 Å². The van der Waals surface area contributed by atoms with Gasteiger partial charge in [-0.1, -0.05) is 48.5 Å². The van der Waals surface area contributed by atoms with Gasteiger partial charge in [0.05, 0.1) is 18.8 Å². The minimum Gasteiger partial charge on any atom is -0.379 e. The molecule has 0 aliphatic carbocycles. The van der Waals surface area contributed by atoms with E-state index in [1.807, 2.05) is 43.3 Å². The lowest BCUT2D eigenvalue weighted by Gasteiger charge is -2.27. The molecule has 0 saturated carbocycles. The number of nitrogens with zero attached hydrogens (tertiary/aromatic N) is 2. The van der Waals surface area contributed by atoms with Crippen LogP contribution in [-0.2, 0) is 23.9 Å². The summed E-state index contributed by atoms with van der Waals surface area (Å²) < 4.78 is 46.8. The van der Waals surface area contributed by atoms with Gasteiger partial charge in [-0.3, -0.25) is 9.69 Å². The predicted molar refractivity (Wildman–Crippen MR) is 121 cm³/mol. The number of benzene rings is 2. The standard InChI is InChI=1S/C26H27F3N2O2/c1-19-23(25(32)17-20-6-5-9-22(16-20)26(27,28)29)18-24(21-7-3-2-4-8-21)31(19)11-10-30-12-14-33-15-13-30/h2-9,16,18H,10-15,17H2,1H3. The number of ketones is 1. The summed E-state index contributed by atoms with van der Waals surface area (Å²) in [6.07, 6.45) is -4.51. The molecule has 0 N–H and O–H groups in total. The van der Waals surface area contributed by atoms with Crippen molar-refractivity contribution in [3.05, 3.63) is 83.0 Å². The van der Waals surface area contributed by atoms with E-state index in [2.05, 4.69) is 9.47 Å².